The van der Waals surface area contributed by atoms with Gasteiger partial charge in [0, 0.05) is 33.2 Å². The SMILES string of the molecule is Nc1n[nH]c2c(-c3cnn4c3CCCC4)cc(Br)cc12. The standard InChI is InChI=1S/C14H14BrN5/c15-8-5-9(13-10(6-8)14(16)19-18-13)11-7-17-20-4-2-1-3-12(11)20/h5-7H,1-4H2,(H3,16,18,19). The Labute approximate surface area is 124 Å². The van der Waals surface area contributed by atoms with Crippen LogP contribution in [0.1, 0.15) is 18.5 Å². The third-order valence-electron chi connectivity index (χ3n) is 3.94. The molecule has 0 spiro atoms. The van der Waals surface area contributed by atoms with E-state index in [1.165, 1.54) is 24.1 Å². The summed E-state index contributed by atoms with van der Waals surface area (Å²) in [6, 6.07) is 4.10. The average Bonchev–Trinajstić information content (AvgIpc) is 3.03. The van der Waals surface area contributed by atoms with E-state index in [-0.39, 0.29) is 0 Å². The second-order valence-electron chi connectivity index (χ2n) is 5.17. The summed E-state index contributed by atoms with van der Waals surface area (Å²) in [7, 11) is 0. The van der Waals surface area contributed by atoms with Crippen molar-refractivity contribution in [3.05, 3.63) is 28.5 Å². The van der Waals surface area contributed by atoms with E-state index >= 15 is 0 Å². The molecule has 5 nitrogen and oxygen atoms in total. The van der Waals surface area contributed by atoms with Crippen LogP contribution in [0.2, 0.25) is 0 Å². The van der Waals surface area contributed by atoms with Gasteiger partial charge in [0.1, 0.15) is 0 Å². The van der Waals surface area contributed by atoms with Crippen molar-refractivity contribution in [2.75, 3.05) is 5.73 Å². The predicted molar refractivity (Wildman–Crippen MR) is 82.4 cm³/mol. The molecule has 0 saturated carbocycles. The molecule has 102 valence electrons. The normalized spacial score (nSPS) is 14.7. The molecule has 0 radical (unpaired) electrons. The van der Waals surface area contributed by atoms with Crippen LogP contribution in [-0.2, 0) is 13.0 Å². The smallest absolute Gasteiger partial charge is 0.153 e. The van der Waals surface area contributed by atoms with Crippen LogP contribution >= 0.6 is 15.9 Å². The molecular formula is C14H14BrN5. The second-order valence-corrected chi connectivity index (χ2v) is 6.09. The minimum atomic E-state index is 0.531. The predicted octanol–water partition coefficient (Wildman–Crippen LogP) is 3.11. The zero-order valence-corrected chi connectivity index (χ0v) is 12.4. The Morgan fingerprint density at radius 1 is 1.25 bits per heavy atom. The molecule has 0 aliphatic carbocycles. The van der Waals surface area contributed by atoms with Crippen LogP contribution < -0.4 is 5.73 Å². The molecule has 3 aromatic rings. The summed E-state index contributed by atoms with van der Waals surface area (Å²) < 4.78 is 3.12. The van der Waals surface area contributed by atoms with Gasteiger partial charge in [0.25, 0.3) is 0 Å². The number of hydrogen-bond donors (Lipinski definition) is 2. The molecule has 3 heterocycles. The zero-order chi connectivity index (χ0) is 13.7. The number of aromatic amines is 1. The highest BCUT2D eigenvalue weighted by molar-refractivity contribution is 9.10. The van der Waals surface area contributed by atoms with Gasteiger partial charge >= 0.3 is 0 Å². The Kier molecular flexibility index (Phi) is 2.60. The molecule has 1 aliphatic heterocycles. The van der Waals surface area contributed by atoms with E-state index in [0.717, 1.165) is 33.9 Å². The van der Waals surface area contributed by atoms with Crippen molar-refractivity contribution >= 4 is 32.7 Å². The first-order chi connectivity index (χ1) is 9.74. The van der Waals surface area contributed by atoms with E-state index in [0.29, 0.717) is 5.82 Å². The van der Waals surface area contributed by atoms with Gasteiger partial charge < -0.3 is 5.73 Å². The number of anilines is 1. The van der Waals surface area contributed by atoms with E-state index in [4.69, 9.17) is 5.73 Å². The zero-order valence-electron chi connectivity index (χ0n) is 10.9. The minimum Gasteiger partial charge on any atom is -0.382 e. The lowest BCUT2D eigenvalue weighted by Gasteiger charge is -2.15. The largest absolute Gasteiger partial charge is 0.382 e. The molecule has 0 fully saturated rings. The number of H-pyrrole nitrogens is 1. The molecule has 3 N–H and O–H groups in total. The van der Waals surface area contributed by atoms with Gasteiger partial charge in [-0.25, -0.2) is 0 Å². The second kappa shape index (κ2) is 4.34. The number of aryl methyl sites for hydroxylation is 1. The first-order valence-corrected chi connectivity index (χ1v) is 7.51. The van der Waals surface area contributed by atoms with Gasteiger partial charge in [0.05, 0.1) is 11.7 Å². The fourth-order valence-corrected chi connectivity index (χ4v) is 3.42. The summed E-state index contributed by atoms with van der Waals surface area (Å²) in [5.74, 6) is 0.531. The molecule has 0 saturated heterocycles. The number of rotatable bonds is 1. The fraction of sp³-hybridized carbons (Fsp3) is 0.286. The van der Waals surface area contributed by atoms with Gasteiger partial charge in [-0.1, -0.05) is 15.9 Å². The van der Waals surface area contributed by atoms with Crippen molar-refractivity contribution in [1.82, 2.24) is 20.0 Å². The van der Waals surface area contributed by atoms with Gasteiger partial charge in [-0.2, -0.15) is 10.2 Å². The van der Waals surface area contributed by atoms with Gasteiger partial charge in [0.2, 0.25) is 0 Å². The van der Waals surface area contributed by atoms with Gasteiger partial charge in [-0.05, 0) is 31.4 Å². The number of nitrogens with zero attached hydrogens (tertiary/aromatic N) is 3. The Balaban J connectivity index is 2.00. The molecule has 0 atom stereocenters. The summed E-state index contributed by atoms with van der Waals surface area (Å²) >= 11 is 3.56. The number of nitrogen functional groups attached to an aromatic ring is 1. The Hall–Kier alpha value is -1.82. The Morgan fingerprint density at radius 2 is 2.15 bits per heavy atom. The molecule has 0 amide bonds. The van der Waals surface area contributed by atoms with Crippen molar-refractivity contribution in [1.29, 1.82) is 0 Å². The van der Waals surface area contributed by atoms with Gasteiger partial charge in [-0.3, -0.25) is 9.78 Å². The van der Waals surface area contributed by atoms with Crippen LogP contribution in [0, 0.1) is 0 Å². The molecule has 1 aromatic carbocycles. The summed E-state index contributed by atoms with van der Waals surface area (Å²) in [6.45, 7) is 1.01. The van der Waals surface area contributed by atoms with Crippen LogP contribution in [-0.4, -0.2) is 20.0 Å². The lowest BCUT2D eigenvalue weighted by molar-refractivity contribution is 0.487. The molecule has 1 aliphatic rings. The van der Waals surface area contributed by atoms with E-state index in [9.17, 15) is 0 Å². The van der Waals surface area contributed by atoms with E-state index in [1.807, 2.05) is 12.3 Å². The molecular weight excluding hydrogens is 318 g/mol. The average molecular weight is 332 g/mol. The Morgan fingerprint density at radius 3 is 3.05 bits per heavy atom. The maximum absolute atomic E-state index is 5.92. The first-order valence-electron chi connectivity index (χ1n) is 6.72. The van der Waals surface area contributed by atoms with Crippen LogP contribution in [0.25, 0.3) is 22.0 Å². The minimum absolute atomic E-state index is 0.531. The first kappa shape index (κ1) is 12.0. The topological polar surface area (TPSA) is 72.5 Å². The highest BCUT2D eigenvalue weighted by atomic mass is 79.9. The fourth-order valence-electron chi connectivity index (χ4n) is 2.96. The Bertz CT molecular complexity index is 801. The number of benzene rings is 1. The third kappa shape index (κ3) is 1.67. The number of nitrogens with two attached hydrogens (primary N) is 1. The molecule has 6 heteroatoms. The number of nitrogens with one attached hydrogen (secondary N) is 1. The highest BCUT2D eigenvalue weighted by Crippen LogP contribution is 2.36. The van der Waals surface area contributed by atoms with E-state index in [2.05, 4.69) is 42.0 Å². The monoisotopic (exact) mass is 331 g/mol. The van der Waals surface area contributed by atoms with E-state index in [1.54, 1.807) is 0 Å². The summed E-state index contributed by atoms with van der Waals surface area (Å²) in [5, 5.41) is 12.6. The number of fused-ring (bicyclic) bond motifs is 2. The molecule has 0 unspecified atom stereocenters. The quantitative estimate of drug-likeness (QED) is 0.719. The molecule has 0 bridgehead atoms. The number of halogens is 1. The van der Waals surface area contributed by atoms with Gasteiger partial charge in [0.15, 0.2) is 5.82 Å². The molecule has 4 rings (SSSR count). The summed E-state index contributed by atoms with van der Waals surface area (Å²) in [6.07, 6.45) is 5.46. The maximum Gasteiger partial charge on any atom is 0.153 e. The number of aromatic nitrogens is 4. The van der Waals surface area contributed by atoms with Crippen molar-refractivity contribution in [3.8, 4) is 11.1 Å². The molecule has 2 aromatic heterocycles. The lowest BCUT2D eigenvalue weighted by atomic mass is 9.99. The van der Waals surface area contributed by atoms with Crippen molar-refractivity contribution < 1.29 is 0 Å². The van der Waals surface area contributed by atoms with Crippen LogP contribution in [0.5, 0.6) is 0 Å². The summed E-state index contributed by atoms with van der Waals surface area (Å²) in [5.41, 5.74) is 10.5. The van der Waals surface area contributed by atoms with Gasteiger partial charge in [-0.15, -0.1) is 0 Å². The van der Waals surface area contributed by atoms with E-state index < -0.39 is 0 Å². The van der Waals surface area contributed by atoms with Crippen molar-refractivity contribution in [3.63, 3.8) is 0 Å². The molecule has 20 heavy (non-hydrogen) atoms. The third-order valence-corrected chi connectivity index (χ3v) is 4.40. The van der Waals surface area contributed by atoms with Crippen LogP contribution in [0.3, 0.4) is 0 Å². The summed E-state index contributed by atoms with van der Waals surface area (Å²) in [4.78, 5) is 0. The van der Waals surface area contributed by atoms with Crippen LogP contribution in [0.4, 0.5) is 5.82 Å². The number of hydrogen-bond acceptors (Lipinski definition) is 3. The maximum atomic E-state index is 5.92. The van der Waals surface area contributed by atoms with Crippen molar-refractivity contribution in [2.24, 2.45) is 0 Å². The van der Waals surface area contributed by atoms with Crippen molar-refractivity contribution in [2.45, 2.75) is 25.8 Å². The van der Waals surface area contributed by atoms with Crippen LogP contribution in [0.15, 0.2) is 22.8 Å². The highest BCUT2D eigenvalue weighted by Gasteiger charge is 2.19. The lowest BCUT2D eigenvalue weighted by Crippen LogP contribution is -2.11.